The molecule has 0 amide bonds. The molecule has 0 spiro atoms. The van der Waals surface area contributed by atoms with Crippen molar-refractivity contribution in [2.45, 2.75) is 26.8 Å². The molecule has 0 radical (unpaired) electrons. The number of rotatable bonds is 6. The van der Waals surface area contributed by atoms with Crippen LogP contribution in [0.15, 0.2) is 12.4 Å². The lowest BCUT2D eigenvalue weighted by atomic mass is 10.1. The van der Waals surface area contributed by atoms with Gasteiger partial charge in [0, 0.05) is 18.7 Å². The number of aromatic nitrogens is 2. The first-order valence-electron chi connectivity index (χ1n) is 5.58. The standard InChI is InChI=1S/C11H20N4O/c1-4-16-11-5-10(13-7-14-11)15-9(6-12)8(2)3/h5,7-9H,4,6,12H2,1-3H3,(H,13,14,15). The average Bonchev–Trinajstić information content (AvgIpc) is 2.26. The first-order chi connectivity index (χ1) is 7.67. The summed E-state index contributed by atoms with van der Waals surface area (Å²) in [6.45, 7) is 7.34. The molecule has 5 heteroatoms. The summed E-state index contributed by atoms with van der Waals surface area (Å²) in [6.07, 6.45) is 1.49. The normalized spacial score (nSPS) is 12.6. The van der Waals surface area contributed by atoms with E-state index in [1.54, 1.807) is 6.07 Å². The van der Waals surface area contributed by atoms with Gasteiger partial charge in [0.25, 0.3) is 0 Å². The van der Waals surface area contributed by atoms with Crippen LogP contribution < -0.4 is 15.8 Å². The van der Waals surface area contributed by atoms with Gasteiger partial charge >= 0.3 is 0 Å². The molecule has 0 fully saturated rings. The Hall–Kier alpha value is -1.36. The monoisotopic (exact) mass is 224 g/mol. The highest BCUT2D eigenvalue weighted by Gasteiger charge is 2.11. The van der Waals surface area contributed by atoms with Crippen molar-refractivity contribution in [3.05, 3.63) is 12.4 Å². The molecule has 1 unspecified atom stereocenters. The molecule has 1 heterocycles. The van der Waals surface area contributed by atoms with Crippen LogP contribution in [0.25, 0.3) is 0 Å². The topological polar surface area (TPSA) is 73.1 Å². The summed E-state index contributed by atoms with van der Waals surface area (Å²) in [5.74, 6) is 1.79. The summed E-state index contributed by atoms with van der Waals surface area (Å²) >= 11 is 0. The number of anilines is 1. The molecule has 1 rings (SSSR count). The first-order valence-corrected chi connectivity index (χ1v) is 5.58. The van der Waals surface area contributed by atoms with Crippen LogP contribution in [0, 0.1) is 5.92 Å². The fourth-order valence-electron chi connectivity index (χ4n) is 1.33. The van der Waals surface area contributed by atoms with Crippen LogP contribution in [0.3, 0.4) is 0 Å². The second-order valence-corrected chi connectivity index (χ2v) is 3.91. The molecule has 1 aromatic rings. The Morgan fingerprint density at radius 2 is 2.19 bits per heavy atom. The molecule has 1 atom stereocenters. The summed E-state index contributed by atoms with van der Waals surface area (Å²) in [5, 5.41) is 3.27. The Kier molecular flexibility index (Phi) is 4.98. The quantitative estimate of drug-likeness (QED) is 0.761. The molecule has 0 aliphatic carbocycles. The second-order valence-electron chi connectivity index (χ2n) is 3.91. The first kappa shape index (κ1) is 12.7. The Morgan fingerprint density at radius 1 is 1.44 bits per heavy atom. The van der Waals surface area contributed by atoms with Crippen LogP contribution in [0.5, 0.6) is 5.88 Å². The van der Waals surface area contributed by atoms with E-state index in [1.165, 1.54) is 6.33 Å². The maximum absolute atomic E-state index is 5.68. The molecule has 1 aromatic heterocycles. The zero-order valence-corrected chi connectivity index (χ0v) is 10.1. The van der Waals surface area contributed by atoms with E-state index in [0.717, 1.165) is 5.82 Å². The summed E-state index contributed by atoms with van der Waals surface area (Å²) in [4.78, 5) is 8.14. The summed E-state index contributed by atoms with van der Waals surface area (Å²) in [5.41, 5.74) is 5.68. The van der Waals surface area contributed by atoms with Gasteiger partial charge in [0.1, 0.15) is 12.1 Å². The van der Waals surface area contributed by atoms with E-state index in [2.05, 4.69) is 29.1 Å². The molecule has 90 valence electrons. The molecule has 0 aliphatic rings. The highest BCUT2D eigenvalue weighted by Crippen LogP contribution is 2.13. The third-order valence-corrected chi connectivity index (χ3v) is 2.33. The van der Waals surface area contributed by atoms with Crippen molar-refractivity contribution < 1.29 is 4.74 Å². The number of hydrogen-bond donors (Lipinski definition) is 2. The van der Waals surface area contributed by atoms with E-state index in [4.69, 9.17) is 10.5 Å². The molecular weight excluding hydrogens is 204 g/mol. The number of nitrogens with one attached hydrogen (secondary N) is 1. The van der Waals surface area contributed by atoms with Crippen molar-refractivity contribution in [2.75, 3.05) is 18.5 Å². The fraction of sp³-hybridized carbons (Fsp3) is 0.636. The maximum atomic E-state index is 5.68. The molecule has 0 bridgehead atoms. The van der Waals surface area contributed by atoms with E-state index in [0.29, 0.717) is 24.9 Å². The van der Waals surface area contributed by atoms with Crippen molar-refractivity contribution >= 4 is 5.82 Å². The van der Waals surface area contributed by atoms with Crippen molar-refractivity contribution in [3.8, 4) is 5.88 Å². The maximum Gasteiger partial charge on any atom is 0.218 e. The van der Waals surface area contributed by atoms with Crippen molar-refractivity contribution in [1.82, 2.24) is 9.97 Å². The fourth-order valence-corrected chi connectivity index (χ4v) is 1.33. The van der Waals surface area contributed by atoms with Gasteiger partial charge in [-0.2, -0.15) is 0 Å². The Morgan fingerprint density at radius 3 is 2.75 bits per heavy atom. The van der Waals surface area contributed by atoms with E-state index in [-0.39, 0.29) is 6.04 Å². The SMILES string of the molecule is CCOc1cc(NC(CN)C(C)C)ncn1. The molecule has 0 saturated carbocycles. The number of hydrogen-bond acceptors (Lipinski definition) is 5. The highest BCUT2D eigenvalue weighted by atomic mass is 16.5. The Balaban J connectivity index is 2.68. The van der Waals surface area contributed by atoms with Gasteiger partial charge in [0.2, 0.25) is 5.88 Å². The molecule has 5 nitrogen and oxygen atoms in total. The lowest BCUT2D eigenvalue weighted by Gasteiger charge is -2.21. The predicted molar refractivity (Wildman–Crippen MR) is 64.5 cm³/mol. The number of ether oxygens (including phenoxy) is 1. The van der Waals surface area contributed by atoms with Crippen LogP contribution in [-0.4, -0.2) is 29.2 Å². The van der Waals surface area contributed by atoms with Gasteiger partial charge in [-0.1, -0.05) is 13.8 Å². The highest BCUT2D eigenvalue weighted by molar-refractivity contribution is 5.38. The lowest BCUT2D eigenvalue weighted by molar-refractivity contribution is 0.326. The van der Waals surface area contributed by atoms with Crippen LogP contribution >= 0.6 is 0 Å². The smallest absolute Gasteiger partial charge is 0.218 e. The summed E-state index contributed by atoms with van der Waals surface area (Å²) < 4.78 is 5.30. The van der Waals surface area contributed by atoms with E-state index in [1.807, 2.05) is 6.92 Å². The number of nitrogens with two attached hydrogens (primary N) is 1. The summed E-state index contributed by atoms with van der Waals surface area (Å²) in [6, 6.07) is 2.00. The molecular formula is C11H20N4O. The van der Waals surface area contributed by atoms with Gasteiger partial charge in [-0.05, 0) is 12.8 Å². The van der Waals surface area contributed by atoms with Gasteiger partial charge in [-0.25, -0.2) is 9.97 Å². The van der Waals surface area contributed by atoms with Gasteiger partial charge < -0.3 is 15.8 Å². The Labute approximate surface area is 96.4 Å². The van der Waals surface area contributed by atoms with Crippen molar-refractivity contribution in [2.24, 2.45) is 11.7 Å². The minimum atomic E-state index is 0.212. The van der Waals surface area contributed by atoms with Crippen molar-refractivity contribution in [3.63, 3.8) is 0 Å². The molecule has 0 aliphatic heterocycles. The third kappa shape index (κ3) is 3.66. The molecule has 16 heavy (non-hydrogen) atoms. The van der Waals surface area contributed by atoms with Crippen molar-refractivity contribution in [1.29, 1.82) is 0 Å². The lowest BCUT2D eigenvalue weighted by Crippen LogP contribution is -2.34. The zero-order chi connectivity index (χ0) is 12.0. The van der Waals surface area contributed by atoms with E-state index in [9.17, 15) is 0 Å². The number of nitrogens with zero attached hydrogens (tertiary/aromatic N) is 2. The average molecular weight is 224 g/mol. The van der Waals surface area contributed by atoms with Crippen LogP contribution in [0.1, 0.15) is 20.8 Å². The van der Waals surface area contributed by atoms with Crippen LogP contribution in [0.4, 0.5) is 5.82 Å². The minimum Gasteiger partial charge on any atom is -0.478 e. The van der Waals surface area contributed by atoms with Gasteiger partial charge in [-0.3, -0.25) is 0 Å². The van der Waals surface area contributed by atoms with Crippen LogP contribution in [-0.2, 0) is 0 Å². The minimum absolute atomic E-state index is 0.212. The summed E-state index contributed by atoms with van der Waals surface area (Å²) in [7, 11) is 0. The largest absolute Gasteiger partial charge is 0.478 e. The van der Waals surface area contributed by atoms with Gasteiger partial charge in [-0.15, -0.1) is 0 Å². The zero-order valence-electron chi connectivity index (χ0n) is 10.1. The van der Waals surface area contributed by atoms with Gasteiger partial charge in [0.05, 0.1) is 6.61 Å². The molecule has 3 N–H and O–H groups in total. The third-order valence-electron chi connectivity index (χ3n) is 2.33. The second kappa shape index (κ2) is 6.27. The van der Waals surface area contributed by atoms with Crippen LogP contribution in [0.2, 0.25) is 0 Å². The van der Waals surface area contributed by atoms with E-state index < -0.39 is 0 Å². The van der Waals surface area contributed by atoms with Gasteiger partial charge in [0.15, 0.2) is 0 Å². The Bertz CT molecular complexity index is 317. The predicted octanol–water partition coefficient (Wildman–Crippen LogP) is 1.27. The van der Waals surface area contributed by atoms with E-state index >= 15 is 0 Å². The molecule has 0 saturated heterocycles. The molecule has 0 aromatic carbocycles.